The Morgan fingerprint density at radius 1 is 1.23 bits per heavy atom. The fourth-order valence-corrected chi connectivity index (χ4v) is 3.76. The average molecular weight is 404 g/mol. The Kier molecular flexibility index (Phi) is 5.11. The number of carbonyl (C=O) groups excluding carboxylic acids is 2. The van der Waals surface area contributed by atoms with Gasteiger partial charge in [-0.05, 0) is 66.3 Å². The summed E-state index contributed by atoms with van der Waals surface area (Å²) < 4.78 is 0. The van der Waals surface area contributed by atoms with Crippen LogP contribution in [0.15, 0.2) is 35.6 Å². The van der Waals surface area contributed by atoms with Crippen molar-refractivity contribution in [2.24, 2.45) is 5.16 Å². The predicted molar refractivity (Wildman–Crippen MR) is 116 cm³/mol. The Balaban J connectivity index is 1.56. The molecule has 3 aromatic rings. The molecule has 4 rings (SSSR count). The predicted octanol–water partition coefficient (Wildman–Crippen LogP) is 4.14. The second-order valence-corrected chi connectivity index (χ2v) is 8.00. The molecule has 0 unspecified atom stereocenters. The van der Waals surface area contributed by atoms with Gasteiger partial charge in [0.05, 0.1) is 17.5 Å². The summed E-state index contributed by atoms with van der Waals surface area (Å²) in [6.45, 7) is 8.37. The van der Waals surface area contributed by atoms with Crippen LogP contribution in [0.25, 0.3) is 11.0 Å². The number of anilines is 1. The Hall–Kier alpha value is -3.48. The fourth-order valence-electron chi connectivity index (χ4n) is 3.76. The maximum Gasteiger partial charge on any atom is 0.341 e. The van der Waals surface area contributed by atoms with Crippen LogP contribution in [0.5, 0.6) is 0 Å². The summed E-state index contributed by atoms with van der Waals surface area (Å²) in [5.41, 5.74) is 8.34. The topological polar surface area (TPSA) is 96.4 Å². The zero-order valence-electron chi connectivity index (χ0n) is 17.5. The minimum Gasteiger partial charge on any atom is -0.360 e. The molecule has 0 atom stereocenters. The Bertz CT molecular complexity index is 1170. The first-order chi connectivity index (χ1) is 14.3. The summed E-state index contributed by atoms with van der Waals surface area (Å²) >= 11 is 0. The maximum atomic E-state index is 12.3. The van der Waals surface area contributed by atoms with Gasteiger partial charge in [-0.2, -0.15) is 0 Å². The highest BCUT2D eigenvalue weighted by atomic mass is 16.7. The number of carbonyl (C=O) groups is 2. The molecule has 7 heteroatoms. The second kappa shape index (κ2) is 7.74. The van der Waals surface area contributed by atoms with Gasteiger partial charge in [-0.1, -0.05) is 19.0 Å². The van der Waals surface area contributed by atoms with Gasteiger partial charge in [-0.3, -0.25) is 9.78 Å². The number of aromatic amines is 1. The lowest BCUT2D eigenvalue weighted by atomic mass is 9.97. The van der Waals surface area contributed by atoms with E-state index in [4.69, 9.17) is 4.98 Å². The molecule has 0 saturated carbocycles. The summed E-state index contributed by atoms with van der Waals surface area (Å²) in [6, 6.07) is 7.97. The molecule has 1 aromatic carbocycles. The number of H-pyrrole nitrogens is 1. The molecule has 0 saturated heterocycles. The van der Waals surface area contributed by atoms with Crippen molar-refractivity contribution in [2.45, 2.75) is 46.5 Å². The molecule has 0 radical (unpaired) electrons. The van der Waals surface area contributed by atoms with Crippen molar-refractivity contribution >= 4 is 34.3 Å². The number of rotatable bonds is 5. The molecule has 1 amide bonds. The number of nitrogens with one attached hydrogen (secondary N) is 2. The quantitative estimate of drug-likeness (QED) is 0.625. The van der Waals surface area contributed by atoms with Crippen LogP contribution in [-0.4, -0.2) is 27.6 Å². The fraction of sp³-hybridized carbons (Fsp3) is 0.304. The molecule has 0 spiro atoms. The molecular formula is C23H24N4O3. The first-order valence-corrected chi connectivity index (χ1v) is 9.97. The molecular weight excluding hydrogens is 380 g/mol. The van der Waals surface area contributed by atoms with Gasteiger partial charge < -0.3 is 15.1 Å². The largest absolute Gasteiger partial charge is 0.360 e. The Labute approximate surface area is 174 Å². The molecule has 0 aliphatic carbocycles. The van der Waals surface area contributed by atoms with E-state index in [2.05, 4.69) is 40.2 Å². The standard InChI is InChI=1S/C23H24N4O3/c1-12(2)18-11-24-19-6-5-15(25-22(18)19)9-17-13(3)7-16(8-14(17)4)26-23(29)20-10-21(28)30-27-20/h5-8,11-12,24H,9-10H2,1-4H3,(H,26,29). The van der Waals surface area contributed by atoms with Crippen molar-refractivity contribution in [3.63, 3.8) is 0 Å². The van der Waals surface area contributed by atoms with Gasteiger partial charge >= 0.3 is 5.97 Å². The number of hydrogen-bond donors (Lipinski definition) is 2. The van der Waals surface area contributed by atoms with Crippen molar-refractivity contribution in [2.75, 3.05) is 5.32 Å². The lowest BCUT2D eigenvalue weighted by Gasteiger charge is -2.13. The Morgan fingerprint density at radius 3 is 2.60 bits per heavy atom. The molecule has 3 heterocycles. The number of aromatic nitrogens is 2. The summed E-state index contributed by atoms with van der Waals surface area (Å²) in [4.78, 5) is 36.1. The van der Waals surface area contributed by atoms with Crippen LogP contribution < -0.4 is 5.32 Å². The number of pyridine rings is 1. The molecule has 2 N–H and O–H groups in total. The number of nitrogens with zero attached hydrogens (tertiary/aromatic N) is 2. The van der Waals surface area contributed by atoms with Gasteiger partial charge in [0.1, 0.15) is 0 Å². The lowest BCUT2D eigenvalue weighted by Crippen LogP contribution is -2.22. The number of hydrogen-bond acceptors (Lipinski definition) is 5. The number of amides is 1. The SMILES string of the molecule is Cc1cc(NC(=O)C2=NOC(=O)C2)cc(C)c1Cc1ccc2[nH]cc(C(C)C)c2n1. The normalized spacial score (nSPS) is 13.6. The van der Waals surface area contributed by atoms with Gasteiger partial charge in [0.25, 0.3) is 5.91 Å². The molecule has 2 aromatic heterocycles. The van der Waals surface area contributed by atoms with Gasteiger partial charge in [0.15, 0.2) is 5.71 Å². The highest BCUT2D eigenvalue weighted by Gasteiger charge is 2.24. The third-order valence-corrected chi connectivity index (χ3v) is 5.37. The Morgan fingerprint density at radius 2 is 1.97 bits per heavy atom. The van der Waals surface area contributed by atoms with Gasteiger partial charge in [-0.25, -0.2) is 4.79 Å². The maximum absolute atomic E-state index is 12.3. The zero-order valence-corrected chi connectivity index (χ0v) is 17.5. The van der Waals surface area contributed by atoms with Crippen molar-refractivity contribution in [3.8, 4) is 0 Å². The van der Waals surface area contributed by atoms with E-state index < -0.39 is 11.9 Å². The summed E-state index contributed by atoms with van der Waals surface area (Å²) in [7, 11) is 0. The molecule has 30 heavy (non-hydrogen) atoms. The third kappa shape index (κ3) is 3.83. The number of oxime groups is 1. The van der Waals surface area contributed by atoms with E-state index in [1.54, 1.807) is 0 Å². The van der Waals surface area contributed by atoms with E-state index in [0.29, 0.717) is 18.0 Å². The summed E-state index contributed by atoms with van der Waals surface area (Å²) in [5.74, 6) is -0.540. The monoisotopic (exact) mass is 404 g/mol. The minimum absolute atomic E-state index is 0.0874. The van der Waals surface area contributed by atoms with Crippen LogP contribution in [0.1, 0.15) is 54.1 Å². The summed E-state index contributed by atoms with van der Waals surface area (Å²) in [6.07, 6.45) is 2.64. The third-order valence-electron chi connectivity index (χ3n) is 5.37. The van der Waals surface area contributed by atoms with Crippen molar-refractivity contribution in [3.05, 3.63) is 58.4 Å². The van der Waals surface area contributed by atoms with Crippen LogP contribution in [0.2, 0.25) is 0 Å². The molecule has 0 bridgehead atoms. The highest BCUT2D eigenvalue weighted by molar-refractivity contribution is 6.46. The molecule has 154 valence electrons. The van der Waals surface area contributed by atoms with Crippen molar-refractivity contribution in [1.82, 2.24) is 9.97 Å². The molecule has 1 aliphatic heterocycles. The van der Waals surface area contributed by atoms with Crippen LogP contribution >= 0.6 is 0 Å². The van der Waals surface area contributed by atoms with Gasteiger partial charge in [-0.15, -0.1) is 0 Å². The van der Waals surface area contributed by atoms with Crippen molar-refractivity contribution < 1.29 is 14.4 Å². The first kappa shape index (κ1) is 19.8. The lowest BCUT2D eigenvalue weighted by molar-refractivity contribution is -0.140. The van der Waals surface area contributed by atoms with Crippen LogP contribution in [0.4, 0.5) is 5.69 Å². The number of fused-ring (bicyclic) bond motifs is 1. The number of benzene rings is 1. The minimum atomic E-state index is -0.518. The second-order valence-electron chi connectivity index (χ2n) is 8.00. The first-order valence-electron chi connectivity index (χ1n) is 9.97. The smallest absolute Gasteiger partial charge is 0.341 e. The molecule has 7 nitrogen and oxygen atoms in total. The van der Waals surface area contributed by atoms with Crippen LogP contribution in [-0.2, 0) is 20.8 Å². The van der Waals surface area contributed by atoms with E-state index in [1.807, 2.05) is 38.2 Å². The van der Waals surface area contributed by atoms with Gasteiger partial charge in [0, 0.05) is 24.0 Å². The number of aryl methyl sites for hydroxylation is 2. The van der Waals surface area contributed by atoms with E-state index in [0.717, 1.165) is 27.9 Å². The van der Waals surface area contributed by atoms with Crippen LogP contribution in [0.3, 0.4) is 0 Å². The molecule has 0 fully saturated rings. The highest BCUT2D eigenvalue weighted by Crippen LogP contribution is 2.26. The van der Waals surface area contributed by atoms with Gasteiger partial charge in [0.2, 0.25) is 0 Å². The molecule has 1 aliphatic rings. The van der Waals surface area contributed by atoms with E-state index in [1.165, 1.54) is 11.1 Å². The average Bonchev–Trinajstić information content (AvgIpc) is 3.30. The van der Waals surface area contributed by atoms with E-state index in [-0.39, 0.29) is 12.1 Å². The van der Waals surface area contributed by atoms with Crippen LogP contribution in [0, 0.1) is 13.8 Å². The van der Waals surface area contributed by atoms with E-state index >= 15 is 0 Å². The van der Waals surface area contributed by atoms with E-state index in [9.17, 15) is 9.59 Å². The zero-order chi connectivity index (χ0) is 21.4. The van der Waals surface area contributed by atoms with Crippen molar-refractivity contribution in [1.29, 1.82) is 0 Å². The summed E-state index contributed by atoms with van der Waals surface area (Å²) in [5, 5.41) is 6.31.